The molecule has 0 aromatic heterocycles. The molecule has 0 aliphatic heterocycles. The van der Waals surface area contributed by atoms with Gasteiger partial charge in [0.1, 0.15) is 17.2 Å². The van der Waals surface area contributed by atoms with Crippen LogP contribution in [0.2, 0.25) is 0 Å². The normalized spacial score (nSPS) is 10.4. The average molecular weight is 382 g/mol. The van der Waals surface area contributed by atoms with Crippen molar-refractivity contribution >= 4 is 29.8 Å². The van der Waals surface area contributed by atoms with Crippen LogP contribution in [0.15, 0.2) is 48.5 Å². The second kappa shape index (κ2) is 9.27. The van der Waals surface area contributed by atoms with Crippen LogP contribution in [0.1, 0.15) is 36.7 Å². The van der Waals surface area contributed by atoms with E-state index in [9.17, 15) is 19.2 Å². The number of esters is 3. The molecule has 0 fully saturated rings. The molecule has 144 valence electrons. The van der Waals surface area contributed by atoms with Gasteiger partial charge in [0.25, 0.3) is 0 Å². The van der Waals surface area contributed by atoms with E-state index in [1.54, 1.807) is 30.3 Å². The van der Waals surface area contributed by atoms with Crippen molar-refractivity contribution in [2.75, 3.05) is 0 Å². The summed E-state index contributed by atoms with van der Waals surface area (Å²) in [6.45, 7) is 3.74. The van der Waals surface area contributed by atoms with Crippen LogP contribution in [0.3, 0.4) is 0 Å². The zero-order valence-electron chi connectivity index (χ0n) is 15.6. The molecule has 0 radical (unpaired) electrons. The summed E-state index contributed by atoms with van der Waals surface area (Å²) in [5, 5.41) is 0. The minimum absolute atomic E-state index is 0.00824. The summed E-state index contributed by atoms with van der Waals surface area (Å²) in [5.41, 5.74) is 0.841. The summed E-state index contributed by atoms with van der Waals surface area (Å²) in [6, 6.07) is 10.7. The van der Waals surface area contributed by atoms with Crippen molar-refractivity contribution in [3.63, 3.8) is 0 Å². The fraction of sp³-hybridized carbons (Fsp3) is 0.143. The van der Waals surface area contributed by atoms with Crippen LogP contribution in [-0.2, 0) is 14.4 Å². The molecule has 2 aromatic carbocycles. The van der Waals surface area contributed by atoms with Gasteiger partial charge in [-0.1, -0.05) is 18.2 Å². The van der Waals surface area contributed by atoms with Crippen LogP contribution < -0.4 is 14.2 Å². The number of rotatable bonds is 6. The third-order valence-corrected chi connectivity index (χ3v) is 3.30. The number of hydrogen-bond donors (Lipinski definition) is 0. The van der Waals surface area contributed by atoms with E-state index < -0.39 is 23.7 Å². The van der Waals surface area contributed by atoms with Crippen LogP contribution >= 0.6 is 0 Å². The first-order valence-electron chi connectivity index (χ1n) is 8.26. The molecule has 0 amide bonds. The third-order valence-electron chi connectivity index (χ3n) is 3.30. The van der Waals surface area contributed by atoms with E-state index in [0.29, 0.717) is 11.3 Å². The molecule has 0 saturated carbocycles. The number of carbonyl (C=O) groups is 4. The van der Waals surface area contributed by atoms with Crippen molar-refractivity contribution in [2.24, 2.45) is 0 Å². The monoisotopic (exact) mass is 382 g/mol. The third kappa shape index (κ3) is 6.21. The highest BCUT2D eigenvalue weighted by Crippen LogP contribution is 2.26. The van der Waals surface area contributed by atoms with Crippen LogP contribution in [0.25, 0.3) is 6.08 Å². The second-order valence-electron chi connectivity index (χ2n) is 5.71. The molecule has 0 bridgehead atoms. The van der Waals surface area contributed by atoms with Crippen molar-refractivity contribution in [2.45, 2.75) is 20.8 Å². The Morgan fingerprint density at radius 3 is 1.82 bits per heavy atom. The highest BCUT2D eigenvalue weighted by molar-refractivity contribution is 6.09. The molecule has 0 N–H and O–H groups in total. The Kier molecular flexibility index (Phi) is 6.81. The lowest BCUT2D eigenvalue weighted by Gasteiger charge is -2.09. The van der Waals surface area contributed by atoms with E-state index in [0.717, 1.165) is 0 Å². The first-order valence-corrected chi connectivity index (χ1v) is 8.26. The molecule has 0 heterocycles. The molecule has 0 unspecified atom stereocenters. The van der Waals surface area contributed by atoms with Crippen molar-refractivity contribution in [3.8, 4) is 17.2 Å². The van der Waals surface area contributed by atoms with E-state index in [2.05, 4.69) is 0 Å². The lowest BCUT2D eigenvalue weighted by Crippen LogP contribution is -2.08. The van der Waals surface area contributed by atoms with Crippen LogP contribution in [0.4, 0.5) is 0 Å². The summed E-state index contributed by atoms with van der Waals surface area (Å²) in [5.74, 6) is -1.43. The predicted octanol–water partition coefficient (Wildman–Crippen LogP) is 3.36. The van der Waals surface area contributed by atoms with E-state index in [1.165, 1.54) is 45.0 Å². The predicted molar refractivity (Wildman–Crippen MR) is 100 cm³/mol. The van der Waals surface area contributed by atoms with Crippen molar-refractivity contribution in [1.29, 1.82) is 0 Å². The van der Waals surface area contributed by atoms with Gasteiger partial charge in [-0.25, -0.2) is 0 Å². The number of ether oxygens (including phenoxy) is 3. The minimum atomic E-state index is -0.612. The zero-order chi connectivity index (χ0) is 20.7. The maximum absolute atomic E-state index is 12.5. The maximum atomic E-state index is 12.5. The fourth-order valence-corrected chi connectivity index (χ4v) is 2.25. The number of ketones is 1. The van der Waals surface area contributed by atoms with E-state index in [-0.39, 0.29) is 17.1 Å². The Morgan fingerprint density at radius 1 is 0.714 bits per heavy atom. The first kappa shape index (κ1) is 20.6. The lowest BCUT2D eigenvalue weighted by atomic mass is 10.1. The Balaban J connectivity index is 2.22. The van der Waals surface area contributed by atoms with Crippen LogP contribution in [0.5, 0.6) is 17.2 Å². The molecule has 2 aromatic rings. The maximum Gasteiger partial charge on any atom is 0.308 e. The number of allylic oxidation sites excluding steroid dienone is 1. The molecular formula is C21H18O7. The molecule has 7 heteroatoms. The van der Waals surface area contributed by atoms with Gasteiger partial charge in [0.05, 0.1) is 5.56 Å². The Morgan fingerprint density at radius 2 is 1.25 bits per heavy atom. The SMILES string of the molecule is CC(=O)Oc1ccc(C=CC(=O)c2ccc(OC(C)=O)cc2OC(C)=O)cc1. The van der Waals surface area contributed by atoms with E-state index in [1.807, 2.05) is 0 Å². The molecule has 7 nitrogen and oxygen atoms in total. The summed E-state index contributed by atoms with van der Waals surface area (Å²) in [6.07, 6.45) is 2.88. The van der Waals surface area contributed by atoms with Crippen molar-refractivity contribution in [1.82, 2.24) is 0 Å². The lowest BCUT2D eigenvalue weighted by molar-refractivity contribution is -0.133. The highest BCUT2D eigenvalue weighted by atomic mass is 16.5. The molecular weight excluding hydrogens is 364 g/mol. The Bertz CT molecular complexity index is 940. The number of benzene rings is 2. The number of carbonyl (C=O) groups excluding carboxylic acids is 4. The molecule has 0 saturated heterocycles. The topological polar surface area (TPSA) is 96.0 Å². The van der Waals surface area contributed by atoms with Gasteiger partial charge >= 0.3 is 17.9 Å². The highest BCUT2D eigenvalue weighted by Gasteiger charge is 2.14. The van der Waals surface area contributed by atoms with Crippen LogP contribution in [-0.4, -0.2) is 23.7 Å². The summed E-state index contributed by atoms with van der Waals surface area (Å²) >= 11 is 0. The minimum Gasteiger partial charge on any atom is -0.427 e. The molecule has 2 rings (SSSR count). The second-order valence-corrected chi connectivity index (χ2v) is 5.71. The van der Waals surface area contributed by atoms with Gasteiger partial charge in [0, 0.05) is 26.8 Å². The van der Waals surface area contributed by atoms with Gasteiger partial charge in [0.15, 0.2) is 5.78 Å². The van der Waals surface area contributed by atoms with Gasteiger partial charge in [-0.3, -0.25) is 19.2 Å². The molecule has 28 heavy (non-hydrogen) atoms. The Labute approximate surface area is 161 Å². The summed E-state index contributed by atoms with van der Waals surface area (Å²) in [4.78, 5) is 45.8. The van der Waals surface area contributed by atoms with Gasteiger partial charge in [-0.15, -0.1) is 0 Å². The molecule has 0 spiro atoms. The molecule has 0 aliphatic carbocycles. The van der Waals surface area contributed by atoms with Gasteiger partial charge in [-0.2, -0.15) is 0 Å². The van der Waals surface area contributed by atoms with Crippen molar-refractivity contribution in [3.05, 3.63) is 59.7 Å². The van der Waals surface area contributed by atoms with E-state index >= 15 is 0 Å². The Hall–Kier alpha value is -3.74. The smallest absolute Gasteiger partial charge is 0.308 e. The average Bonchev–Trinajstić information content (AvgIpc) is 2.59. The standard InChI is InChI=1S/C21H18O7/c1-13(22)26-17-7-4-16(5-8-17)6-11-20(25)19-10-9-18(27-14(2)23)12-21(19)28-15(3)24/h4-12H,1-3H3. The molecule has 0 aliphatic rings. The van der Waals surface area contributed by atoms with Gasteiger partial charge < -0.3 is 14.2 Å². The summed E-state index contributed by atoms with van der Waals surface area (Å²) < 4.78 is 14.9. The van der Waals surface area contributed by atoms with E-state index in [4.69, 9.17) is 14.2 Å². The summed E-state index contributed by atoms with van der Waals surface area (Å²) in [7, 11) is 0. The van der Waals surface area contributed by atoms with Gasteiger partial charge in [0.2, 0.25) is 0 Å². The number of hydrogen-bond acceptors (Lipinski definition) is 7. The molecule has 0 atom stereocenters. The quantitative estimate of drug-likeness (QED) is 0.327. The van der Waals surface area contributed by atoms with Gasteiger partial charge in [-0.05, 0) is 35.9 Å². The fourth-order valence-electron chi connectivity index (χ4n) is 2.25. The first-order chi connectivity index (χ1) is 13.2. The largest absolute Gasteiger partial charge is 0.427 e. The zero-order valence-corrected chi connectivity index (χ0v) is 15.6. The van der Waals surface area contributed by atoms with Crippen molar-refractivity contribution < 1.29 is 33.4 Å². The van der Waals surface area contributed by atoms with Crippen LogP contribution in [0, 0.1) is 0 Å².